The van der Waals surface area contributed by atoms with Crippen molar-refractivity contribution in [2.45, 2.75) is 65.6 Å². The highest BCUT2D eigenvalue weighted by Crippen LogP contribution is 2.27. The monoisotopic (exact) mass is 439 g/mol. The molecule has 4 rings (SSSR count). The molecule has 3 heterocycles. The van der Waals surface area contributed by atoms with Crippen LogP contribution in [0.2, 0.25) is 0 Å². The topological polar surface area (TPSA) is 92.0 Å². The van der Waals surface area contributed by atoms with Gasteiger partial charge in [0.25, 0.3) is 0 Å². The van der Waals surface area contributed by atoms with Gasteiger partial charge in [-0.1, -0.05) is 12.1 Å². The molecule has 2 aromatic rings. The number of rotatable bonds is 5. The van der Waals surface area contributed by atoms with Crippen LogP contribution in [0, 0.1) is 13.8 Å². The largest absolute Gasteiger partial charge is 0.450 e. The van der Waals surface area contributed by atoms with Crippen molar-refractivity contribution in [1.29, 1.82) is 0 Å². The van der Waals surface area contributed by atoms with E-state index in [1.165, 1.54) is 5.56 Å². The molecule has 0 bridgehead atoms. The summed E-state index contributed by atoms with van der Waals surface area (Å²) in [6, 6.07) is 4.49. The lowest BCUT2D eigenvalue weighted by molar-refractivity contribution is 0.0983. The number of carbonyl (C=O) groups is 1. The minimum absolute atomic E-state index is 0.206. The summed E-state index contributed by atoms with van der Waals surface area (Å²) < 4.78 is 7.26. The smallest absolute Gasteiger partial charge is 0.409 e. The minimum Gasteiger partial charge on any atom is -0.450 e. The number of aromatic nitrogens is 2. The van der Waals surface area contributed by atoms with Crippen molar-refractivity contribution in [3.05, 3.63) is 35.0 Å². The molecule has 0 aliphatic carbocycles. The Bertz CT molecular complexity index is 1060. The van der Waals surface area contributed by atoms with E-state index in [4.69, 9.17) is 9.72 Å². The molecule has 1 fully saturated rings. The molecular weight excluding hydrogens is 406 g/mol. The number of nitrogens with zero attached hydrogens (tertiary/aromatic N) is 4. The van der Waals surface area contributed by atoms with Crippen LogP contribution in [0.1, 0.15) is 44.2 Å². The summed E-state index contributed by atoms with van der Waals surface area (Å²) in [6.45, 7) is 10.1. The second-order valence-corrected chi connectivity index (χ2v) is 8.78. The van der Waals surface area contributed by atoms with Crippen molar-refractivity contribution in [3.63, 3.8) is 0 Å². The van der Waals surface area contributed by atoms with Gasteiger partial charge >= 0.3 is 6.09 Å². The van der Waals surface area contributed by atoms with Gasteiger partial charge in [-0.15, -0.1) is 0 Å². The highest BCUT2D eigenvalue weighted by molar-refractivity contribution is 5.92. The Hall–Kier alpha value is -2.87. The van der Waals surface area contributed by atoms with Crippen LogP contribution in [-0.4, -0.2) is 63.2 Å². The van der Waals surface area contributed by atoms with Gasteiger partial charge in [0, 0.05) is 24.8 Å². The number of aliphatic imine (C=N–C) groups is 1. The van der Waals surface area contributed by atoms with E-state index in [-0.39, 0.29) is 12.1 Å². The predicted octanol–water partition coefficient (Wildman–Crippen LogP) is 3.80. The predicted molar refractivity (Wildman–Crippen MR) is 126 cm³/mol. The first kappa shape index (κ1) is 22.3. The Labute approximate surface area is 189 Å². The summed E-state index contributed by atoms with van der Waals surface area (Å²) in [5.74, 6) is 0.783. The number of benzene rings is 1. The van der Waals surface area contributed by atoms with Gasteiger partial charge in [-0.2, -0.15) is 0 Å². The van der Waals surface area contributed by atoms with Crippen LogP contribution in [0.4, 0.5) is 10.7 Å². The number of aliphatic hydroxyl groups is 1. The fraction of sp³-hybridized carbons (Fsp3) is 0.542. The fourth-order valence-electron chi connectivity index (χ4n) is 4.51. The minimum atomic E-state index is -0.581. The number of amides is 1. The Morgan fingerprint density at radius 3 is 2.72 bits per heavy atom. The Morgan fingerprint density at radius 1 is 1.25 bits per heavy atom. The number of aryl methyl sites for hydroxylation is 2. The van der Waals surface area contributed by atoms with E-state index in [0.717, 1.165) is 46.8 Å². The van der Waals surface area contributed by atoms with Gasteiger partial charge in [0.1, 0.15) is 0 Å². The normalized spacial score (nSPS) is 19.7. The number of allylic oxidation sites excluding steroid dienone is 1. The summed E-state index contributed by atoms with van der Waals surface area (Å²) >= 11 is 0. The van der Waals surface area contributed by atoms with E-state index in [1.54, 1.807) is 4.90 Å². The van der Waals surface area contributed by atoms with E-state index >= 15 is 0 Å². The molecule has 0 radical (unpaired) electrons. The molecule has 1 saturated heterocycles. The van der Waals surface area contributed by atoms with Crippen LogP contribution >= 0.6 is 0 Å². The number of likely N-dealkylation sites (tertiary alicyclic amines) is 1. The van der Waals surface area contributed by atoms with Crippen LogP contribution in [0.5, 0.6) is 0 Å². The summed E-state index contributed by atoms with van der Waals surface area (Å²) in [4.78, 5) is 23.3. The van der Waals surface area contributed by atoms with Gasteiger partial charge in [0.15, 0.2) is 0 Å². The third kappa shape index (κ3) is 4.65. The van der Waals surface area contributed by atoms with Crippen molar-refractivity contribution in [2.24, 2.45) is 4.99 Å². The average Bonchev–Trinajstić information content (AvgIpc) is 3.09. The first-order valence-electron chi connectivity index (χ1n) is 11.4. The van der Waals surface area contributed by atoms with E-state index < -0.39 is 6.10 Å². The van der Waals surface area contributed by atoms with Crippen molar-refractivity contribution in [1.82, 2.24) is 14.5 Å². The van der Waals surface area contributed by atoms with Crippen LogP contribution in [0.25, 0.3) is 11.0 Å². The van der Waals surface area contributed by atoms with Gasteiger partial charge in [0.05, 0.1) is 36.0 Å². The lowest BCUT2D eigenvalue weighted by Crippen LogP contribution is -2.43. The Kier molecular flexibility index (Phi) is 6.50. The van der Waals surface area contributed by atoms with Crippen molar-refractivity contribution < 1.29 is 14.6 Å². The lowest BCUT2D eigenvalue weighted by Gasteiger charge is -2.32. The second-order valence-electron chi connectivity index (χ2n) is 8.78. The number of ether oxygens (including phenoxy) is 1. The van der Waals surface area contributed by atoms with E-state index in [1.807, 2.05) is 19.9 Å². The average molecular weight is 440 g/mol. The number of aliphatic hydroxyl groups excluding tert-OH is 1. The maximum Gasteiger partial charge on any atom is 0.409 e. The number of anilines is 1. The van der Waals surface area contributed by atoms with Crippen molar-refractivity contribution >= 4 is 28.8 Å². The SMILES string of the molecule is CCOC(=O)N1CCC(Nc2nc3c(C)cc(C)cc3n2CC2=NC(C)=CCC2O)CC1. The molecule has 8 nitrogen and oxygen atoms in total. The van der Waals surface area contributed by atoms with Gasteiger partial charge < -0.3 is 24.6 Å². The number of piperidine rings is 1. The number of hydrogen-bond donors (Lipinski definition) is 2. The van der Waals surface area contributed by atoms with Crippen LogP contribution in [0.15, 0.2) is 28.9 Å². The molecule has 1 amide bonds. The highest BCUT2D eigenvalue weighted by atomic mass is 16.6. The van der Waals surface area contributed by atoms with Crippen LogP contribution < -0.4 is 5.32 Å². The molecule has 2 N–H and O–H groups in total. The van der Waals surface area contributed by atoms with Crippen molar-refractivity contribution in [3.8, 4) is 0 Å². The van der Waals surface area contributed by atoms with Crippen molar-refractivity contribution in [2.75, 3.05) is 25.0 Å². The fourth-order valence-corrected chi connectivity index (χ4v) is 4.51. The molecule has 1 aromatic heterocycles. The Morgan fingerprint density at radius 2 is 2.00 bits per heavy atom. The summed E-state index contributed by atoms with van der Waals surface area (Å²) in [6.07, 6.45) is 3.38. The molecule has 32 heavy (non-hydrogen) atoms. The van der Waals surface area contributed by atoms with Gasteiger partial charge in [0.2, 0.25) is 5.95 Å². The molecule has 1 atom stereocenters. The van der Waals surface area contributed by atoms with Gasteiger partial charge in [-0.3, -0.25) is 4.99 Å². The standard InChI is InChI=1S/C24H33N5O3/c1-5-32-24(31)28-10-8-18(9-11-28)26-23-27-22-16(3)12-15(2)13-20(22)29(23)14-19-21(30)7-6-17(4)25-19/h6,12-13,18,21,30H,5,7-11,14H2,1-4H3,(H,26,27). The van der Waals surface area contributed by atoms with Crippen LogP contribution in [-0.2, 0) is 11.3 Å². The molecular formula is C24H33N5O3. The third-order valence-electron chi connectivity index (χ3n) is 6.20. The Balaban J connectivity index is 1.60. The lowest BCUT2D eigenvalue weighted by atomic mass is 10.1. The quantitative estimate of drug-likeness (QED) is 0.739. The highest BCUT2D eigenvalue weighted by Gasteiger charge is 2.26. The van der Waals surface area contributed by atoms with E-state index in [9.17, 15) is 9.90 Å². The maximum absolute atomic E-state index is 12.0. The number of carbonyl (C=O) groups excluding carboxylic acids is 1. The molecule has 1 aromatic carbocycles. The van der Waals surface area contributed by atoms with Crippen LogP contribution in [0.3, 0.4) is 0 Å². The zero-order chi connectivity index (χ0) is 22.8. The molecule has 2 aliphatic rings. The first-order chi connectivity index (χ1) is 15.4. The maximum atomic E-state index is 12.0. The molecule has 1 unspecified atom stereocenters. The number of imidazole rings is 1. The van der Waals surface area contributed by atoms with E-state index in [0.29, 0.717) is 32.7 Å². The van der Waals surface area contributed by atoms with E-state index in [2.05, 4.69) is 40.9 Å². The first-order valence-corrected chi connectivity index (χ1v) is 11.4. The molecule has 172 valence electrons. The molecule has 0 saturated carbocycles. The second kappa shape index (κ2) is 9.32. The molecule has 0 spiro atoms. The zero-order valence-electron chi connectivity index (χ0n) is 19.4. The third-order valence-corrected chi connectivity index (χ3v) is 6.20. The molecule has 2 aliphatic heterocycles. The zero-order valence-corrected chi connectivity index (χ0v) is 19.4. The molecule has 8 heteroatoms. The van der Waals surface area contributed by atoms with Gasteiger partial charge in [-0.25, -0.2) is 9.78 Å². The summed E-state index contributed by atoms with van der Waals surface area (Å²) in [5, 5.41) is 14.1. The number of nitrogens with one attached hydrogen (secondary N) is 1. The summed E-state index contributed by atoms with van der Waals surface area (Å²) in [5.41, 5.74) is 5.98. The van der Waals surface area contributed by atoms with Gasteiger partial charge in [-0.05, 0) is 64.2 Å². The summed E-state index contributed by atoms with van der Waals surface area (Å²) in [7, 11) is 0. The number of hydrogen-bond acceptors (Lipinski definition) is 6. The number of fused-ring (bicyclic) bond motifs is 1.